The molecule has 1 aromatic rings. The van der Waals surface area contributed by atoms with E-state index >= 15 is 0 Å². The van der Waals surface area contributed by atoms with Gasteiger partial charge in [-0.1, -0.05) is 0 Å². The van der Waals surface area contributed by atoms with Gasteiger partial charge in [-0.15, -0.1) is 11.8 Å². The largest absolute Gasteiger partial charge is 0.481 e. The highest BCUT2D eigenvalue weighted by Crippen LogP contribution is 2.39. The molecule has 0 bridgehead atoms. The molecule has 6 heteroatoms. The first kappa shape index (κ1) is 12.3. The molecule has 3 nitrogen and oxygen atoms in total. The number of aliphatic carboxylic acids is 1. The van der Waals surface area contributed by atoms with Crippen molar-refractivity contribution in [1.82, 2.24) is 5.32 Å². The molecule has 0 saturated carbocycles. The van der Waals surface area contributed by atoms with Crippen molar-refractivity contribution >= 4 is 17.7 Å². The van der Waals surface area contributed by atoms with Crippen LogP contribution in [-0.2, 0) is 4.79 Å². The van der Waals surface area contributed by atoms with E-state index in [1.807, 2.05) is 0 Å². The molecule has 17 heavy (non-hydrogen) atoms. The minimum Gasteiger partial charge on any atom is -0.481 e. The number of hydrogen-bond acceptors (Lipinski definition) is 3. The number of benzene rings is 1. The van der Waals surface area contributed by atoms with Crippen LogP contribution >= 0.6 is 11.8 Å². The number of rotatable bonds is 4. The van der Waals surface area contributed by atoms with E-state index in [1.165, 1.54) is 12.1 Å². The average Bonchev–Trinajstić information content (AvgIpc) is 2.18. The van der Waals surface area contributed by atoms with Gasteiger partial charge in [-0.05, 0) is 12.1 Å². The van der Waals surface area contributed by atoms with E-state index in [2.05, 4.69) is 5.32 Å². The van der Waals surface area contributed by atoms with Crippen LogP contribution in [0.15, 0.2) is 23.1 Å². The van der Waals surface area contributed by atoms with Crippen LogP contribution in [0.3, 0.4) is 0 Å². The van der Waals surface area contributed by atoms with Crippen LogP contribution < -0.4 is 5.32 Å². The van der Waals surface area contributed by atoms with Gasteiger partial charge in [0.25, 0.3) is 0 Å². The third-order valence-corrected chi connectivity index (χ3v) is 4.01. The molecular weight excluding hydrogens is 248 g/mol. The van der Waals surface area contributed by atoms with Crippen LogP contribution in [0.1, 0.15) is 6.42 Å². The fraction of sp³-hybridized carbons (Fsp3) is 0.364. The maximum absolute atomic E-state index is 13.4. The fourth-order valence-electron chi connectivity index (χ4n) is 1.70. The van der Waals surface area contributed by atoms with E-state index in [-0.39, 0.29) is 11.3 Å². The first-order valence-electron chi connectivity index (χ1n) is 5.07. The summed E-state index contributed by atoms with van der Waals surface area (Å²) >= 11 is 1.16. The molecule has 92 valence electrons. The minimum absolute atomic E-state index is 0.0402. The Kier molecular flexibility index (Phi) is 3.35. The average molecular weight is 259 g/mol. The van der Waals surface area contributed by atoms with Crippen molar-refractivity contribution in [2.75, 3.05) is 13.1 Å². The first-order chi connectivity index (χ1) is 8.01. The smallest absolute Gasteiger partial charge is 0.304 e. The lowest BCUT2D eigenvalue weighted by Gasteiger charge is -2.40. The highest BCUT2D eigenvalue weighted by atomic mass is 32.2. The summed E-state index contributed by atoms with van der Waals surface area (Å²) in [7, 11) is 0. The molecule has 2 N–H and O–H groups in total. The normalized spacial score (nSPS) is 17.5. The number of carboxylic acid groups (broad SMARTS) is 1. The molecule has 0 unspecified atom stereocenters. The Morgan fingerprint density at radius 1 is 1.47 bits per heavy atom. The number of carbonyl (C=O) groups is 1. The Labute approximate surface area is 101 Å². The van der Waals surface area contributed by atoms with E-state index in [1.54, 1.807) is 0 Å². The summed E-state index contributed by atoms with van der Waals surface area (Å²) in [5.41, 5.74) is 0. The Hall–Kier alpha value is -1.14. The predicted octanol–water partition coefficient (Wildman–Crippen LogP) is 1.87. The van der Waals surface area contributed by atoms with Gasteiger partial charge in [-0.3, -0.25) is 4.79 Å². The van der Waals surface area contributed by atoms with E-state index in [0.717, 1.165) is 17.8 Å². The van der Waals surface area contributed by atoms with Gasteiger partial charge in [0.15, 0.2) is 0 Å². The molecular formula is C11H11F2NO2S. The van der Waals surface area contributed by atoms with Crippen molar-refractivity contribution in [2.45, 2.75) is 16.1 Å². The standard InChI is InChI=1S/C11H11F2NO2S/c12-7-1-2-9(8(13)3-7)17-11(4-10(15)16)5-14-6-11/h1-3,14H,4-6H2,(H,15,16). The van der Waals surface area contributed by atoms with Crippen LogP contribution in [0.5, 0.6) is 0 Å². The molecule has 0 radical (unpaired) electrons. The summed E-state index contributed by atoms with van der Waals surface area (Å²) < 4.78 is 25.7. The van der Waals surface area contributed by atoms with Gasteiger partial charge in [-0.25, -0.2) is 8.78 Å². The molecule has 1 heterocycles. The van der Waals surface area contributed by atoms with Crippen LogP contribution in [0.2, 0.25) is 0 Å². The number of hydrogen-bond donors (Lipinski definition) is 2. The van der Waals surface area contributed by atoms with Gasteiger partial charge in [0.2, 0.25) is 0 Å². The fourth-order valence-corrected chi connectivity index (χ4v) is 3.01. The van der Waals surface area contributed by atoms with E-state index < -0.39 is 22.4 Å². The maximum atomic E-state index is 13.4. The van der Waals surface area contributed by atoms with Crippen molar-refractivity contribution < 1.29 is 18.7 Å². The van der Waals surface area contributed by atoms with Crippen molar-refractivity contribution in [3.8, 4) is 0 Å². The number of thioether (sulfide) groups is 1. The Balaban J connectivity index is 2.15. The summed E-state index contributed by atoms with van der Waals surface area (Å²) in [6, 6.07) is 3.33. The number of carboxylic acids is 1. The molecule has 0 spiro atoms. The summed E-state index contributed by atoms with van der Waals surface area (Å²) in [5.74, 6) is -2.20. The van der Waals surface area contributed by atoms with E-state index in [4.69, 9.17) is 5.11 Å². The third-order valence-electron chi connectivity index (χ3n) is 2.59. The highest BCUT2D eigenvalue weighted by Gasteiger charge is 2.40. The zero-order chi connectivity index (χ0) is 12.5. The quantitative estimate of drug-likeness (QED) is 0.866. The van der Waals surface area contributed by atoms with Crippen molar-refractivity contribution in [3.05, 3.63) is 29.8 Å². The van der Waals surface area contributed by atoms with Gasteiger partial charge >= 0.3 is 5.97 Å². The van der Waals surface area contributed by atoms with Crippen LogP contribution in [0.25, 0.3) is 0 Å². The maximum Gasteiger partial charge on any atom is 0.304 e. The Bertz CT molecular complexity index is 449. The van der Waals surface area contributed by atoms with Crippen molar-refractivity contribution in [2.24, 2.45) is 0 Å². The predicted molar refractivity (Wildman–Crippen MR) is 60.1 cm³/mol. The van der Waals surface area contributed by atoms with Crippen LogP contribution in [-0.4, -0.2) is 28.9 Å². The topological polar surface area (TPSA) is 49.3 Å². The second kappa shape index (κ2) is 4.62. The molecule has 0 amide bonds. The molecule has 1 fully saturated rings. The van der Waals surface area contributed by atoms with E-state index in [9.17, 15) is 13.6 Å². The lowest BCUT2D eigenvalue weighted by molar-refractivity contribution is -0.138. The summed E-state index contributed by atoms with van der Waals surface area (Å²) in [6.45, 7) is 1.03. The zero-order valence-electron chi connectivity index (χ0n) is 8.87. The first-order valence-corrected chi connectivity index (χ1v) is 5.89. The number of nitrogens with one attached hydrogen (secondary N) is 1. The molecule has 1 aliphatic rings. The lowest BCUT2D eigenvalue weighted by Crippen LogP contribution is -2.58. The van der Waals surface area contributed by atoms with Gasteiger partial charge in [0.1, 0.15) is 11.6 Å². The van der Waals surface area contributed by atoms with Crippen molar-refractivity contribution in [1.29, 1.82) is 0 Å². The van der Waals surface area contributed by atoms with Gasteiger partial charge in [-0.2, -0.15) is 0 Å². The second-order valence-corrected chi connectivity index (χ2v) is 5.54. The second-order valence-electron chi connectivity index (χ2n) is 4.03. The Morgan fingerprint density at radius 3 is 2.65 bits per heavy atom. The molecule has 0 aromatic heterocycles. The summed E-state index contributed by atoms with van der Waals surface area (Å²) in [4.78, 5) is 11.0. The van der Waals surface area contributed by atoms with Gasteiger partial charge in [0, 0.05) is 24.1 Å². The Morgan fingerprint density at radius 2 is 2.18 bits per heavy atom. The lowest BCUT2D eigenvalue weighted by atomic mass is 9.98. The van der Waals surface area contributed by atoms with Gasteiger partial charge in [0.05, 0.1) is 11.2 Å². The monoisotopic (exact) mass is 259 g/mol. The van der Waals surface area contributed by atoms with Crippen LogP contribution in [0, 0.1) is 11.6 Å². The number of halogens is 2. The molecule has 1 saturated heterocycles. The van der Waals surface area contributed by atoms with Crippen molar-refractivity contribution in [3.63, 3.8) is 0 Å². The molecule has 0 aliphatic carbocycles. The third kappa shape index (κ3) is 2.76. The van der Waals surface area contributed by atoms with Gasteiger partial charge < -0.3 is 10.4 Å². The molecule has 1 aliphatic heterocycles. The summed E-state index contributed by atoms with van der Waals surface area (Å²) in [6.07, 6.45) is -0.0402. The summed E-state index contributed by atoms with van der Waals surface area (Å²) in [5, 5.41) is 11.8. The highest BCUT2D eigenvalue weighted by molar-refractivity contribution is 8.00. The van der Waals surface area contributed by atoms with E-state index in [0.29, 0.717) is 13.1 Å². The minimum atomic E-state index is -0.915. The molecule has 1 aromatic carbocycles. The molecule has 0 atom stereocenters. The SMILES string of the molecule is O=C(O)CC1(Sc2ccc(F)cc2F)CNC1. The zero-order valence-corrected chi connectivity index (χ0v) is 9.69. The molecule has 2 rings (SSSR count). The van der Waals surface area contributed by atoms with Crippen LogP contribution in [0.4, 0.5) is 8.78 Å².